The Hall–Kier alpha value is -0.570. The molecule has 0 aliphatic heterocycles. The lowest BCUT2D eigenvalue weighted by atomic mass is 10.0. The molecule has 0 heterocycles. The van der Waals surface area contributed by atoms with Gasteiger partial charge in [0.25, 0.3) is 0 Å². The van der Waals surface area contributed by atoms with Gasteiger partial charge in [-0.25, -0.2) is 0 Å². The van der Waals surface area contributed by atoms with Gasteiger partial charge in [-0.05, 0) is 18.9 Å². The lowest BCUT2D eigenvalue weighted by Gasteiger charge is -2.19. The van der Waals surface area contributed by atoms with E-state index in [1.807, 2.05) is 13.8 Å². The van der Waals surface area contributed by atoms with Crippen molar-refractivity contribution in [2.24, 2.45) is 5.92 Å². The van der Waals surface area contributed by atoms with Gasteiger partial charge in [-0.2, -0.15) is 0 Å². The first-order valence-corrected chi connectivity index (χ1v) is 8.94. The van der Waals surface area contributed by atoms with Crippen LogP contribution in [-0.4, -0.2) is 25.7 Å². The Bertz CT molecular complexity index is 241. The Labute approximate surface area is 132 Å². The molecule has 126 valence electrons. The smallest absolute Gasteiger partial charge is 0.323 e. The minimum absolute atomic E-state index is 0.142. The number of hydrogen-bond donors (Lipinski definition) is 1. The summed E-state index contributed by atoms with van der Waals surface area (Å²) < 4.78 is 4.82. The van der Waals surface area contributed by atoms with Gasteiger partial charge >= 0.3 is 5.97 Å². The normalized spacial score (nSPS) is 12.6. The molecule has 3 nitrogen and oxygen atoms in total. The van der Waals surface area contributed by atoms with E-state index in [-0.39, 0.29) is 17.9 Å². The zero-order valence-corrected chi connectivity index (χ0v) is 14.7. The van der Waals surface area contributed by atoms with E-state index in [1.165, 1.54) is 64.9 Å². The average Bonchev–Trinajstić information content (AvgIpc) is 2.47. The van der Waals surface area contributed by atoms with Crippen LogP contribution in [0, 0.1) is 5.92 Å². The number of ether oxygens (including phenoxy) is 1. The Morgan fingerprint density at radius 3 is 1.81 bits per heavy atom. The van der Waals surface area contributed by atoms with Crippen LogP contribution in [-0.2, 0) is 9.53 Å². The highest BCUT2D eigenvalue weighted by atomic mass is 16.5. The molecule has 0 saturated carbocycles. The number of methoxy groups -OCH3 is 1. The Kier molecular flexibility index (Phi) is 14.0. The monoisotopic (exact) mass is 299 g/mol. The summed E-state index contributed by atoms with van der Waals surface area (Å²) in [4.78, 5) is 11.6. The largest absolute Gasteiger partial charge is 0.468 e. The molecule has 0 saturated heterocycles. The molecule has 21 heavy (non-hydrogen) atoms. The van der Waals surface area contributed by atoms with Crippen LogP contribution in [0.1, 0.15) is 85.0 Å². The highest BCUT2D eigenvalue weighted by Gasteiger charge is 2.21. The molecule has 0 aliphatic rings. The topological polar surface area (TPSA) is 38.3 Å². The maximum Gasteiger partial charge on any atom is 0.323 e. The molecular formula is C18H37NO2. The summed E-state index contributed by atoms with van der Waals surface area (Å²) in [6.07, 6.45) is 13.4. The van der Waals surface area contributed by atoms with Crippen molar-refractivity contribution in [2.45, 2.75) is 91.0 Å². The quantitative estimate of drug-likeness (QED) is 0.373. The Balaban J connectivity index is 3.40. The van der Waals surface area contributed by atoms with Gasteiger partial charge in [0.15, 0.2) is 0 Å². The molecule has 0 aliphatic carbocycles. The van der Waals surface area contributed by atoms with E-state index in [4.69, 9.17) is 4.74 Å². The molecule has 1 atom stereocenters. The number of hydrogen-bond acceptors (Lipinski definition) is 3. The van der Waals surface area contributed by atoms with Crippen molar-refractivity contribution in [3.63, 3.8) is 0 Å². The first kappa shape index (κ1) is 20.4. The molecule has 1 N–H and O–H groups in total. The molecule has 0 amide bonds. The van der Waals surface area contributed by atoms with Crippen LogP contribution in [0.25, 0.3) is 0 Å². The fourth-order valence-electron chi connectivity index (χ4n) is 2.59. The van der Waals surface area contributed by atoms with Crippen LogP contribution >= 0.6 is 0 Å². The Morgan fingerprint density at radius 1 is 0.905 bits per heavy atom. The number of carbonyl (C=O) groups excluding carboxylic acids is 1. The molecule has 0 aromatic heterocycles. The van der Waals surface area contributed by atoms with Crippen molar-refractivity contribution in [1.29, 1.82) is 0 Å². The second-order valence-electron chi connectivity index (χ2n) is 6.38. The fourth-order valence-corrected chi connectivity index (χ4v) is 2.59. The second-order valence-corrected chi connectivity index (χ2v) is 6.38. The third-order valence-corrected chi connectivity index (χ3v) is 4.02. The zero-order valence-electron chi connectivity index (χ0n) is 14.7. The van der Waals surface area contributed by atoms with E-state index in [0.29, 0.717) is 0 Å². The SMILES string of the molecule is CCCCCCCCCCCCNC(C(=O)OC)C(C)C. The molecule has 1 unspecified atom stereocenters. The van der Waals surface area contributed by atoms with Crippen molar-refractivity contribution >= 4 is 5.97 Å². The van der Waals surface area contributed by atoms with Gasteiger partial charge in [0.2, 0.25) is 0 Å². The number of esters is 1. The predicted molar refractivity (Wildman–Crippen MR) is 90.5 cm³/mol. The van der Waals surface area contributed by atoms with Crippen LogP contribution in [0.2, 0.25) is 0 Å². The minimum Gasteiger partial charge on any atom is -0.468 e. The number of rotatable bonds is 14. The lowest BCUT2D eigenvalue weighted by molar-refractivity contribution is -0.144. The van der Waals surface area contributed by atoms with Gasteiger partial charge < -0.3 is 10.1 Å². The maximum absolute atomic E-state index is 11.6. The summed E-state index contributed by atoms with van der Waals surface area (Å²) in [6.45, 7) is 7.27. The summed E-state index contributed by atoms with van der Waals surface area (Å²) in [6, 6.07) is -0.159. The van der Waals surface area contributed by atoms with Crippen LogP contribution < -0.4 is 5.32 Å². The standard InChI is InChI=1S/C18H37NO2/c1-5-6-7-8-9-10-11-12-13-14-15-19-17(16(2)3)18(20)21-4/h16-17,19H,5-15H2,1-4H3. The predicted octanol–water partition coefficient (Wildman–Crippen LogP) is 4.69. The van der Waals surface area contributed by atoms with Gasteiger partial charge in [-0.3, -0.25) is 4.79 Å². The maximum atomic E-state index is 11.6. The molecule has 0 bridgehead atoms. The average molecular weight is 299 g/mol. The van der Waals surface area contributed by atoms with Crippen molar-refractivity contribution in [3.05, 3.63) is 0 Å². The highest BCUT2D eigenvalue weighted by molar-refractivity contribution is 5.75. The second kappa shape index (κ2) is 14.4. The van der Waals surface area contributed by atoms with Gasteiger partial charge in [0.1, 0.15) is 6.04 Å². The van der Waals surface area contributed by atoms with E-state index in [0.717, 1.165) is 13.0 Å². The van der Waals surface area contributed by atoms with E-state index < -0.39 is 0 Å². The van der Waals surface area contributed by atoms with Crippen LogP contribution in [0.15, 0.2) is 0 Å². The molecule has 3 heteroatoms. The van der Waals surface area contributed by atoms with E-state index in [1.54, 1.807) is 0 Å². The van der Waals surface area contributed by atoms with Gasteiger partial charge in [0.05, 0.1) is 7.11 Å². The van der Waals surface area contributed by atoms with Crippen molar-refractivity contribution in [3.8, 4) is 0 Å². The van der Waals surface area contributed by atoms with Gasteiger partial charge in [0, 0.05) is 0 Å². The summed E-state index contributed by atoms with van der Waals surface area (Å²) in [7, 11) is 1.46. The van der Waals surface area contributed by atoms with Crippen molar-refractivity contribution < 1.29 is 9.53 Å². The number of unbranched alkanes of at least 4 members (excludes halogenated alkanes) is 9. The molecule has 0 radical (unpaired) electrons. The summed E-state index contributed by atoms with van der Waals surface area (Å²) in [5.41, 5.74) is 0. The first-order chi connectivity index (χ1) is 10.1. The number of nitrogens with one attached hydrogen (secondary N) is 1. The van der Waals surface area contributed by atoms with Crippen LogP contribution in [0.4, 0.5) is 0 Å². The van der Waals surface area contributed by atoms with E-state index in [9.17, 15) is 4.79 Å². The minimum atomic E-state index is -0.159. The van der Waals surface area contributed by atoms with Crippen molar-refractivity contribution in [1.82, 2.24) is 5.32 Å². The van der Waals surface area contributed by atoms with Crippen LogP contribution in [0.5, 0.6) is 0 Å². The summed E-state index contributed by atoms with van der Waals surface area (Å²) >= 11 is 0. The Morgan fingerprint density at radius 2 is 1.38 bits per heavy atom. The van der Waals surface area contributed by atoms with Gasteiger partial charge in [-0.1, -0.05) is 78.6 Å². The molecule has 0 fully saturated rings. The van der Waals surface area contributed by atoms with E-state index in [2.05, 4.69) is 12.2 Å². The van der Waals surface area contributed by atoms with Crippen molar-refractivity contribution in [2.75, 3.05) is 13.7 Å². The summed E-state index contributed by atoms with van der Waals surface area (Å²) in [5, 5.41) is 3.32. The van der Waals surface area contributed by atoms with Crippen LogP contribution in [0.3, 0.4) is 0 Å². The molecule has 0 aromatic carbocycles. The first-order valence-electron chi connectivity index (χ1n) is 8.94. The fraction of sp³-hybridized carbons (Fsp3) is 0.944. The molecule has 0 rings (SSSR count). The van der Waals surface area contributed by atoms with E-state index >= 15 is 0 Å². The molecule has 0 spiro atoms. The highest BCUT2D eigenvalue weighted by Crippen LogP contribution is 2.10. The number of carbonyl (C=O) groups is 1. The molecule has 0 aromatic rings. The summed E-state index contributed by atoms with van der Waals surface area (Å²) in [5.74, 6) is 0.137. The lowest BCUT2D eigenvalue weighted by Crippen LogP contribution is -2.42. The third-order valence-electron chi connectivity index (χ3n) is 4.02. The molecular weight excluding hydrogens is 262 g/mol. The van der Waals surface area contributed by atoms with Gasteiger partial charge in [-0.15, -0.1) is 0 Å². The zero-order chi connectivity index (χ0) is 15.9. The third kappa shape index (κ3) is 11.7.